The minimum absolute atomic E-state index is 0.154. The number of hydrogen-bond donors (Lipinski definition) is 1. The number of aromatic nitrogens is 2. The molecular formula is C27H32N2O5. The summed E-state index contributed by atoms with van der Waals surface area (Å²) in [7, 11) is 0. The van der Waals surface area contributed by atoms with Crippen LogP contribution in [0.25, 0.3) is 11.1 Å². The van der Waals surface area contributed by atoms with E-state index < -0.39 is 6.16 Å². The first-order valence-corrected chi connectivity index (χ1v) is 11.7. The lowest BCUT2D eigenvalue weighted by molar-refractivity contribution is 0.111. The van der Waals surface area contributed by atoms with E-state index in [1.54, 1.807) is 27.3 Å². The van der Waals surface area contributed by atoms with Gasteiger partial charge in [-0.15, -0.1) is 0 Å². The Balaban J connectivity index is 1.95. The van der Waals surface area contributed by atoms with Crippen molar-refractivity contribution >= 4 is 12.4 Å². The average Bonchev–Trinajstić information content (AvgIpc) is 3.06. The van der Waals surface area contributed by atoms with E-state index in [2.05, 4.69) is 20.8 Å². The number of carbonyl (C=O) groups is 2. The fourth-order valence-corrected chi connectivity index (χ4v) is 4.03. The molecule has 0 saturated heterocycles. The number of imidazole rings is 1. The van der Waals surface area contributed by atoms with Crippen LogP contribution in [0.5, 0.6) is 5.75 Å². The molecule has 1 N–H and O–H groups in total. The van der Waals surface area contributed by atoms with E-state index in [0.29, 0.717) is 36.7 Å². The normalized spacial score (nSPS) is 11.1. The second-order valence-electron chi connectivity index (χ2n) is 8.82. The van der Waals surface area contributed by atoms with Gasteiger partial charge in [0.05, 0.1) is 12.2 Å². The molecule has 0 aliphatic heterocycles. The Morgan fingerprint density at radius 3 is 2.41 bits per heavy atom. The maximum Gasteiger partial charge on any atom is 0.511 e. The van der Waals surface area contributed by atoms with Crippen molar-refractivity contribution in [3.05, 3.63) is 76.0 Å². The molecular weight excluding hydrogens is 432 g/mol. The van der Waals surface area contributed by atoms with Crippen LogP contribution in [0.4, 0.5) is 4.79 Å². The first-order chi connectivity index (χ1) is 16.3. The van der Waals surface area contributed by atoms with Crippen LogP contribution >= 0.6 is 0 Å². The number of nitrogens with zero attached hydrogens (tertiary/aromatic N) is 2. The van der Waals surface area contributed by atoms with Gasteiger partial charge in [-0.1, -0.05) is 69.7 Å². The summed E-state index contributed by atoms with van der Waals surface area (Å²) in [6.45, 7) is 7.21. The topological polar surface area (TPSA) is 90.5 Å². The number of para-hydroxylation sites is 1. The molecule has 1 aromatic heterocycles. The van der Waals surface area contributed by atoms with E-state index in [1.165, 1.54) is 0 Å². The van der Waals surface area contributed by atoms with Crippen molar-refractivity contribution in [1.29, 1.82) is 0 Å². The predicted molar refractivity (Wildman–Crippen MR) is 132 cm³/mol. The van der Waals surface area contributed by atoms with Crippen LogP contribution in [-0.4, -0.2) is 26.7 Å². The molecule has 2 aromatic carbocycles. The fraction of sp³-hybridized carbons (Fsp3) is 0.370. The summed E-state index contributed by atoms with van der Waals surface area (Å²) in [5, 5.41) is 8.99. The number of carboxylic acid groups (broad SMARTS) is 1. The third kappa shape index (κ3) is 5.84. The molecule has 0 amide bonds. The van der Waals surface area contributed by atoms with E-state index in [1.807, 2.05) is 30.3 Å². The van der Waals surface area contributed by atoms with Gasteiger partial charge in [0.25, 0.3) is 0 Å². The van der Waals surface area contributed by atoms with Crippen molar-refractivity contribution in [3.63, 3.8) is 0 Å². The number of hydrogen-bond acceptors (Lipinski definition) is 4. The van der Waals surface area contributed by atoms with E-state index in [4.69, 9.17) is 9.84 Å². The van der Waals surface area contributed by atoms with Gasteiger partial charge in [-0.2, -0.15) is 0 Å². The highest BCUT2D eigenvalue weighted by atomic mass is 16.7. The maximum absolute atomic E-state index is 13.3. The van der Waals surface area contributed by atoms with Gasteiger partial charge in [-0.25, -0.2) is 9.59 Å². The van der Waals surface area contributed by atoms with Gasteiger partial charge in [0.1, 0.15) is 11.4 Å². The van der Waals surface area contributed by atoms with Crippen molar-refractivity contribution in [2.45, 2.75) is 59.5 Å². The van der Waals surface area contributed by atoms with Gasteiger partial charge in [-0.05, 0) is 42.4 Å². The zero-order chi connectivity index (χ0) is 24.7. The molecule has 0 aliphatic carbocycles. The van der Waals surface area contributed by atoms with E-state index in [0.717, 1.165) is 42.4 Å². The Morgan fingerprint density at radius 2 is 1.79 bits per heavy atom. The number of rotatable bonds is 11. The molecule has 180 valence electrons. The average molecular weight is 465 g/mol. The summed E-state index contributed by atoms with van der Waals surface area (Å²) in [5.41, 5.74) is 3.50. The molecule has 0 spiro atoms. The first-order valence-electron chi connectivity index (χ1n) is 11.7. The zero-order valence-corrected chi connectivity index (χ0v) is 20.0. The Kier molecular flexibility index (Phi) is 8.46. The Labute approximate surface area is 199 Å². The molecule has 0 unspecified atom stereocenters. The summed E-state index contributed by atoms with van der Waals surface area (Å²) in [6, 6.07) is 14.5. The largest absolute Gasteiger partial charge is 0.511 e. The first kappa shape index (κ1) is 25.0. The van der Waals surface area contributed by atoms with Crippen LogP contribution in [0.1, 0.15) is 61.8 Å². The van der Waals surface area contributed by atoms with Crippen molar-refractivity contribution in [2.24, 2.45) is 5.92 Å². The molecule has 7 heteroatoms. The summed E-state index contributed by atoms with van der Waals surface area (Å²) in [6.07, 6.45) is 2.77. The minimum Gasteiger partial charge on any atom is -0.449 e. The van der Waals surface area contributed by atoms with Gasteiger partial charge in [0, 0.05) is 12.1 Å². The quantitative estimate of drug-likeness (QED) is 0.226. The molecule has 3 aromatic rings. The van der Waals surface area contributed by atoms with Crippen LogP contribution in [-0.2, 0) is 19.5 Å². The predicted octanol–water partition coefficient (Wildman–Crippen LogP) is 5.62. The number of unbranched alkanes of at least 4 members (excludes halogenated alkanes) is 1. The molecule has 34 heavy (non-hydrogen) atoms. The molecule has 1 heterocycles. The van der Waals surface area contributed by atoms with Gasteiger partial charge >= 0.3 is 11.8 Å². The van der Waals surface area contributed by atoms with Gasteiger partial charge in [0.15, 0.2) is 6.29 Å². The van der Waals surface area contributed by atoms with E-state index in [-0.39, 0.29) is 11.4 Å². The van der Waals surface area contributed by atoms with Gasteiger partial charge < -0.3 is 9.84 Å². The molecule has 0 aliphatic rings. The molecule has 0 bridgehead atoms. The zero-order valence-electron chi connectivity index (χ0n) is 20.0. The summed E-state index contributed by atoms with van der Waals surface area (Å²) in [5.74, 6) is 0.716. The number of benzene rings is 2. The van der Waals surface area contributed by atoms with Crippen LogP contribution < -0.4 is 10.4 Å². The lowest BCUT2D eigenvalue weighted by Crippen LogP contribution is -2.26. The van der Waals surface area contributed by atoms with Crippen LogP contribution in [0.2, 0.25) is 0 Å². The number of ether oxygens (including phenoxy) is 1. The molecule has 3 rings (SSSR count). The smallest absolute Gasteiger partial charge is 0.449 e. The van der Waals surface area contributed by atoms with E-state index in [9.17, 15) is 14.4 Å². The summed E-state index contributed by atoms with van der Waals surface area (Å²) >= 11 is 0. The molecule has 7 nitrogen and oxygen atoms in total. The highest BCUT2D eigenvalue weighted by molar-refractivity contribution is 5.75. The van der Waals surface area contributed by atoms with Crippen LogP contribution in [0.15, 0.2) is 53.3 Å². The van der Waals surface area contributed by atoms with E-state index >= 15 is 0 Å². The Bertz CT molecular complexity index is 1190. The van der Waals surface area contributed by atoms with Crippen LogP contribution in [0.3, 0.4) is 0 Å². The van der Waals surface area contributed by atoms with Gasteiger partial charge in [0.2, 0.25) is 0 Å². The monoisotopic (exact) mass is 464 g/mol. The number of carbonyl (C=O) groups excluding carboxylic acids is 1. The highest BCUT2D eigenvalue weighted by Gasteiger charge is 2.20. The SMILES string of the molecule is CCCCn1c(C=O)c(CCC(C)C)n(Cc2ccc(-c3ccccc3OC(=O)O)cc2)c1=O. The second kappa shape index (κ2) is 11.5. The lowest BCUT2D eigenvalue weighted by atomic mass is 10.0. The summed E-state index contributed by atoms with van der Waals surface area (Å²) < 4.78 is 8.23. The van der Waals surface area contributed by atoms with Crippen molar-refractivity contribution in [3.8, 4) is 16.9 Å². The Hall–Kier alpha value is -3.61. The molecule has 0 fully saturated rings. The minimum atomic E-state index is -1.36. The second-order valence-corrected chi connectivity index (χ2v) is 8.82. The third-order valence-electron chi connectivity index (χ3n) is 5.87. The lowest BCUT2D eigenvalue weighted by Gasteiger charge is -2.11. The standard InChI is InChI=1S/C27H32N2O5/c1-4-5-16-28-24(18-30)23(15-10-19(2)3)29(26(28)31)17-20-11-13-21(14-12-20)22-8-6-7-9-25(22)34-27(32)33/h6-9,11-14,18-19H,4-5,10,15-17H2,1-3H3,(H,32,33). The highest BCUT2D eigenvalue weighted by Crippen LogP contribution is 2.30. The number of aldehydes is 1. The van der Waals surface area contributed by atoms with Crippen molar-refractivity contribution in [1.82, 2.24) is 9.13 Å². The fourth-order valence-electron chi connectivity index (χ4n) is 4.03. The maximum atomic E-state index is 13.3. The Morgan fingerprint density at radius 1 is 1.09 bits per heavy atom. The van der Waals surface area contributed by atoms with Crippen LogP contribution in [0, 0.1) is 5.92 Å². The molecule has 0 radical (unpaired) electrons. The van der Waals surface area contributed by atoms with Gasteiger partial charge in [-0.3, -0.25) is 13.9 Å². The molecule has 0 saturated carbocycles. The third-order valence-corrected chi connectivity index (χ3v) is 5.87. The molecule has 0 atom stereocenters. The summed E-state index contributed by atoms with van der Waals surface area (Å²) in [4.78, 5) is 36.2. The van der Waals surface area contributed by atoms with Crippen molar-refractivity contribution < 1.29 is 19.4 Å². The van der Waals surface area contributed by atoms with Crippen molar-refractivity contribution in [2.75, 3.05) is 0 Å².